The van der Waals surface area contributed by atoms with Crippen LogP contribution in [0.4, 0.5) is 0 Å². The van der Waals surface area contributed by atoms with Crippen molar-refractivity contribution in [1.29, 1.82) is 0 Å². The lowest BCUT2D eigenvalue weighted by Gasteiger charge is -2.42. The third kappa shape index (κ3) is 4.96. The molecular formula is C20H33NO4. The zero-order valence-electron chi connectivity index (χ0n) is 15.3. The fourth-order valence-electron chi connectivity index (χ4n) is 4.58. The van der Waals surface area contributed by atoms with Crippen molar-refractivity contribution in [3.05, 3.63) is 0 Å². The maximum atomic E-state index is 12.2. The van der Waals surface area contributed by atoms with E-state index in [0.717, 1.165) is 57.8 Å². The summed E-state index contributed by atoms with van der Waals surface area (Å²) in [5, 5.41) is 0. The second-order valence-electron chi connectivity index (χ2n) is 8.25. The van der Waals surface area contributed by atoms with Crippen molar-refractivity contribution >= 4 is 11.9 Å². The van der Waals surface area contributed by atoms with Gasteiger partial charge in [-0.1, -0.05) is 38.5 Å². The third-order valence-electron chi connectivity index (χ3n) is 6.47. The van der Waals surface area contributed by atoms with Crippen LogP contribution in [0.5, 0.6) is 0 Å². The molecule has 0 saturated heterocycles. The average Bonchev–Trinajstić information content (AvgIpc) is 2.66. The highest BCUT2D eigenvalue weighted by Crippen LogP contribution is 2.35. The fraction of sp³-hybridized carbons (Fsp3) is 0.900. The fourth-order valence-corrected chi connectivity index (χ4v) is 4.58. The van der Waals surface area contributed by atoms with E-state index in [1.165, 1.54) is 12.8 Å². The predicted molar refractivity (Wildman–Crippen MR) is 94.6 cm³/mol. The molecule has 5 nitrogen and oxygen atoms in total. The van der Waals surface area contributed by atoms with Gasteiger partial charge in [-0.05, 0) is 32.1 Å². The van der Waals surface area contributed by atoms with Crippen LogP contribution < -0.4 is 5.73 Å². The molecule has 5 heteroatoms. The van der Waals surface area contributed by atoms with Crippen molar-refractivity contribution in [2.45, 2.75) is 76.7 Å². The smallest absolute Gasteiger partial charge is 0.308 e. The summed E-state index contributed by atoms with van der Waals surface area (Å²) in [7, 11) is 0. The number of hydrogen-bond acceptors (Lipinski definition) is 5. The van der Waals surface area contributed by atoms with Gasteiger partial charge in [0.05, 0.1) is 25.0 Å². The Bertz CT molecular complexity index is 455. The number of carbonyl (C=O) groups excluding carboxylic acids is 2. The van der Waals surface area contributed by atoms with Gasteiger partial charge in [0.15, 0.2) is 0 Å². The highest BCUT2D eigenvalue weighted by Gasteiger charge is 2.41. The van der Waals surface area contributed by atoms with E-state index in [1.807, 2.05) is 0 Å². The van der Waals surface area contributed by atoms with Crippen molar-refractivity contribution in [3.63, 3.8) is 0 Å². The van der Waals surface area contributed by atoms with Crippen LogP contribution in [0.1, 0.15) is 70.6 Å². The molecule has 0 aromatic heterocycles. The van der Waals surface area contributed by atoms with Gasteiger partial charge in [0.25, 0.3) is 0 Å². The molecule has 3 aliphatic rings. The molecule has 0 spiro atoms. The summed E-state index contributed by atoms with van der Waals surface area (Å²) < 4.78 is 11.1. The van der Waals surface area contributed by atoms with Gasteiger partial charge in [-0.15, -0.1) is 0 Å². The van der Waals surface area contributed by atoms with Crippen molar-refractivity contribution in [1.82, 2.24) is 0 Å². The molecule has 0 aromatic carbocycles. The minimum absolute atomic E-state index is 0.0434. The Labute approximate surface area is 151 Å². The SMILES string of the molecule is N[C@@H]1C[C@H](COC(=O)C2CCCCC2)[C@H]1COC(=O)C1CCCCC1. The molecule has 0 aromatic rings. The molecule has 0 bridgehead atoms. The number of rotatable bonds is 6. The molecule has 25 heavy (non-hydrogen) atoms. The molecule has 3 saturated carbocycles. The number of esters is 2. The average molecular weight is 351 g/mol. The molecule has 0 heterocycles. The standard InChI is InChI=1S/C20H33NO4/c21-18-11-16(12-24-19(22)14-7-3-1-4-8-14)17(18)13-25-20(23)15-9-5-2-6-10-15/h14-18H,1-13,21H2/t16-,17-,18-/m1/s1. The maximum absolute atomic E-state index is 12.2. The number of carbonyl (C=O) groups is 2. The van der Waals surface area contributed by atoms with E-state index >= 15 is 0 Å². The van der Waals surface area contributed by atoms with Gasteiger partial charge in [0, 0.05) is 17.9 Å². The minimum atomic E-state index is -0.0586. The van der Waals surface area contributed by atoms with E-state index in [4.69, 9.17) is 15.2 Å². The lowest BCUT2D eigenvalue weighted by molar-refractivity contribution is -0.159. The second kappa shape index (κ2) is 9.02. The van der Waals surface area contributed by atoms with Gasteiger partial charge in [-0.3, -0.25) is 9.59 Å². The van der Waals surface area contributed by atoms with E-state index in [-0.39, 0.29) is 41.7 Å². The van der Waals surface area contributed by atoms with Crippen LogP contribution in [0.2, 0.25) is 0 Å². The van der Waals surface area contributed by atoms with Crippen LogP contribution in [0.3, 0.4) is 0 Å². The summed E-state index contributed by atoms with van der Waals surface area (Å²) in [6, 6.07) is 0.0533. The van der Waals surface area contributed by atoms with Crippen LogP contribution in [0.15, 0.2) is 0 Å². The minimum Gasteiger partial charge on any atom is -0.465 e. The van der Waals surface area contributed by atoms with Crippen molar-refractivity contribution < 1.29 is 19.1 Å². The highest BCUT2D eigenvalue weighted by molar-refractivity contribution is 5.73. The van der Waals surface area contributed by atoms with Gasteiger partial charge in [0.1, 0.15) is 0 Å². The molecule has 0 unspecified atom stereocenters. The molecule has 3 atom stereocenters. The molecule has 0 aliphatic heterocycles. The Kier molecular flexibility index (Phi) is 6.74. The van der Waals surface area contributed by atoms with Crippen LogP contribution in [-0.2, 0) is 19.1 Å². The van der Waals surface area contributed by atoms with Crippen LogP contribution in [0.25, 0.3) is 0 Å². The van der Waals surface area contributed by atoms with Crippen LogP contribution in [0, 0.1) is 23.7 Å². The Morgan fingerprint density at radius 1 is 0.760 bits per heavy atom. The number of hydrogen-bond donors (Lipinski definition) is 1. The van der Waals surface area contributed by atoms with E-state index in [1.54, 1.807) is 0 Å². The van der Waals surface area contributed by atoms with Crippen LogP contribution in [-0.4, -0.2) is 31.2 Å². The molecular weight excluding hydrogens is 318 g/mol. The lowest BCUT2D eigenvalue weighted by Crippen LogP contribution is -2.52. The summed E-state index contributed by atoms with van der Waals surface area (Å²) in [5.41, 5.74) is 6.10. The van der Waals surface area contributed by atoms with Crippen LogP contribution >= 0.6 is 0 Å². The number of nitrogens with two attached hydrogens (primary N) is 1. The summed E-state index contributed by atoms with van der Waals surface area (Å²) >= 11 is 0. The Hall–Kier alpha value is -1.10. The zero-order chi connectivity index (χ0) is 17.6. The first-order chi connectivity index (χ1) is 12.1. The molecule has 0 amide bonds. The molecule has 3 aliphatic carbocycles. The Morgan fingerprint density at radius 3 is 1.72 bits per heavy atom. The molecule has 3 fully saturated rings. The normalized spacial score (nSPS) is 31.2. The molecule has 142 valence electrons. The van der Waals surface area contributed by atoms with Gasteiger partial charge in [-0.25, -0.2) is 0 Å². The van der Waals surface area contributed by atoms with E-state index < -0.39 is 0 Å². The van der Waals surface area contributed by atoms with E-state index in [0.29, 0.717) is 13.2 Å². The summed E-state index contributed by atoms with van der Waals surface area (Å²) in [6.45, 7) is 0.802. The van der Waals surface area contributed by atoms with Gasteiger partial charge >= 0.3 is 11.9 Å². The van der Waals surface area contributed by atoms with Crippen molar-refractivity contribution in [2.75, 3.05) is 13.2 Å². The Balaban J connectivity index is 1.37. The molecule has 2 N–H and O–H groups in total. The predicted octanol–water partition coefficient (Wildman–Crippen LogP) is 3.20. The number of ether oxygens (including phenoxy) is 2. The monoisotopic (exact) mass is 351 g/mol. The summed E-state index contributed by atoms with van der Waals surface area (Å²) in [4.78, 5) is 24.3. The first-order valence-corrected chi connectivity index (χ1v) is 10.2. The zero-order valence-corrected chi connectivity index (χ0v) is 15.3. The van der Waals surface area contributed by atoms with Crippen molar-refractivity contribution in [2.24, 2.45) is 29.4 Å². The highest BCUT2D eigenvalue weighted by atomic mass is 16.5. The third-order valence-corrected chi connectivity index (χ3v) is 6.47. The summed E-state index contributed by atoms with van der Waals surface area (Å²) in [6.07, 6.45) is 11.7. The van der Waals surface area contributed by atoms with Gasteiger partial charge < -0.3 is 15.2 Å². The first-order valence-electron chi connectivity index (χ1n) is 10.2. The molecule has 0 radical (unpaired) electrons. The second-order valence-corrected chi connectivity index (χ2v) is 8.25. The first kappa shape index (κ1) is 18.7. The van der Waals surface area contributed by atoms with Gasteiger partial charge in [-0.2, -0.15) is 0 Å². The van der Waals surface area contributed by atoms with E-state index in [2.05, 4.69) is 0 Å². The topological polar surface area (TPSA) is 78.6 Å². The maximum Gasteiger partial charge on any atom is 0.308 e. The lowest BCUT2D eigenvalue weighted by atomic mass is 9.70. The van der Waals surface area contributed by atoms with Gasteiger partial charge in [0.2, 0.25) is 0 Å². The Morgan fingerprint density at radius 2 is 1.24 bits per heavy atom. The quantitative estimate of drug-likeness (QED) is 0.744. The van der Waals surface area contributed by atoms with Crippen molar-refractivity contribution in [3.8, 4) is 0 Å². The van der Waals surface area contributed by atoms with E-state index in [9.17, 15) is 9.59 Å². The summed E-state index contributed by atoms with van der Waals surface area (Å²) in [5.74, 6) is 0.431. The largest absolute Gasteiger partial charge is 0.465 e. The molecule has 3 rings (SSSR count).